The van der Waals surface area contributed by atoms with Crippen LogP contribution in [0, 0.1) is 11.8 Å². The van der Waals surface area contributed by atoms with E-state index in [9.17, 15) is 14.4 Å². The zero-order valence-corrected chi connectivity index (χ0v) is 33.0. The molecule has 4 atom stereocenters. The Morgan fingerprint density at radius 1 is 0.745 bits per heavy atom. The number of nitrogens with zero attached hydrogens (tertiary/aromatic N) is 5. The van der Waals surface area contributed by atoms with Gasteiger partial charge in [0.25, 0.3) is 0 Å². The molecule has 0 unspecified atom stereocenters. The van der Waals surface area contributed by atoms with Crippen LogP contribution in [0.25, 0.3) is 33.6 Å². The standard InChI is InChI=1S/C41H51N9O4S/c1-24(2)34(47-40-42-18-21-55-40)38(51)49-19-6-8-32(49)36-43-22-30(45-36)28-14-10-26(11-15-28)27-12-16-29(17-13-27)31-23-44-37(46-31)33-9-7-20-50(33)39(52)35(25(3)4)48-41(53)54-5/h10-17,22-25,32-35H,6-9,18-21H2,1-5H3,(H,42,47)(H,43,45)(H,44,46)(H,48,53)/t32-,33-,34-,35-/m0/s1. The number of ether oxygens (including phenoxy) is 1. The number of rotatable bonds is 11. The van der Waals surface area contributed by atoms with Crippen molar-refractivity contribution in [2.45, 2.75) is 77.5 Å². The second-order valence-corrected chi connectivity index (χ2v) is 16.2. The third-order valence-electron chi connectivity index (χ3n) is 10.8. The van der Waals surface area contributed by atoms with Gasteiger partial charge < -0.3 is 35.1 Å². The minimum absolute atomic E-state index is 0.0848. The summed E-state index contributed by atoms with van der Waals surface area (Å²) in [5, 5.41) is 6.98. The average Bonchev–Trinajstić information content (AvgIpc) is 4.05. The average molecular weight is 766 g/mol. The van der Waals surface area contributed by atoms with Gasteiger partial charge in [0.05, 0.1) is 49.5 Å². The first-order valence-electron chi connectivity index (χ1n) is 19.3. The Balaban J connectivity index is 0.994. The van der Waals surface area contributed by atoms with E-state index in [1.165, 1.54) is 7.11 Å². The first-order valence-corrected chi connectivity index (χ1v) is 20.3. The molecule has 3 aliphatic rings. The quantitative estimate of drug-likeness (QED) is 0.134. The molecule has 3 amide bonds. The van der Waals surface area contributed by atoms with E-state index in [0.29, 0.717) is 6.54 Å². The molecule has 2 saturated heterocycles. The number of methoxy groups -OCH3 is 1. The molecule has 5 heterocycles. The summed E-state index contributed by atoms with van der Waals surface area (Å²) in [6, 6.07) is 15.5. The van der Waals surface area contributed by atoms with Crippen molar-refractivity contribution in [2.24, 2.45) is 16.8 Å². The predicted octanol–water partition coefficient (Wildman–Crippen LogP) is 6.56. The van der Waals surface area contributed by atoms with Gasteiger partial charge in [-0.2, -0.15) is 0 Å². The monoisotopic (exact) mass is 765 g/mol. The Hall–Kier alpha value is -5.11. The molecule has 2 fully saturated rings. The van der Waals surface area contributed by atoms with Crippen LogP contribution in [0.3, 0.4) is 0 Å². The van der Waals surface area contributed by atoms with Crippen LogP contribution in [0.4, 0.5) is 4.79 Å². The molecular formula is C41H51N9O4S. The molecule has 0 spiro atoms. The Morgan fingerprint density at radius 2 is 1.22 bits per heavy atom. The highest BCUT2D eigenvalue weighted by Gasteiger charge is 2.39. The summed E-state index contributed by atoms with van der Waals surface area (Å²) in [4.78, 5) is 64.0. The van der Waals surface area contributed by atoms with Crippen molar-refractivity contribution in [1.82, 2.24) is 40.4 Å². The van der Waals surface area contributed by atoms with Crippen molar-refractivity contribution in [1.29, 1.82) is 0 Å². The third kappa shape index (κ3) is 8.29. The topological polar surface area (TPSA) is 161 Å². The number of carbonyl (C=O) groups excluding carboxylic acids is 3. The molecule has 14 heteroatoms. The molecule has 0 bridgehead atoms. The van der Waals surface area contributed by atoms with Gasteiger partial charge in [0, 0.05) is 18.8 Å². The second-order valence-electron chi connectivity index (χ2n) is 15.2. The second kappa shape index (κ2) is 16.7. The molecule has 0 radical (unpaired) electrons. The summed E-state index contributed by atoms with van der Waals surface area (Å²) in [6.45, 7) is 10.1. The van der Waals surface area contributed by atoms with Crippen LogP contribution in [0.15, 0.2) is 65.9 Å². The number of carbonyl (C=O) groups is 3. The van der Waals surface area contributed by atoms with Crippen LogP contribution in [0.5, 0.6) is 0 Å². The number of aromatic amines is 2. The normalized spacial score (nSPS) is 19.5. The van der Waals surface area contributed by atoms with Gasteiger partial charge in [-0.3, -0.25) is 14.6 Å². The van der Waals surface area contributed by atoms with Gasteiger partial charge in [-0.15, -0.1) is 0 Å². The number of amides is 3. The van der Waals surface area contributed by atoms with E-state index in [-0.39, 0.29) is 41.8 Å². The van der Waals surface area contributed by atoms with Crippen LogP contribution in [-0.2, 0) is 14.3 Å². The van der Waals surface area contributed by atoms with Crippen LogP contribution in [0.1, 0.15) is 77.1 Å². The fraction of sp³-hybridized carbons (Fsp3) is 0.463. The summed E-state index contributed by atoms with van der Waals surface area (Å²) in [6.07, 6.45) is 6.54. The molecule has 2 aromatic heterocycles. The van der Waals surface area contributed by atoms with Crippen molar-refractivity contribution < 1.29 is 19.1 Å². The summed E-state index contributed by atoms with van der Waals surface area (Å²) in [5.41, 5.74) is 5.99. The van der Waals surface area contributed by atoms with E-state index in [1.54, 1.807) is 11.8 Å². The Morgan fingerprint density at radius 3 is 1.65 bits per heavy atom. The van der Waals surface area contributed by atoms with Crippen LogP contribution in [-0.4, -0.2) is 97.4 Å². The zero-order valence-electron chi connectivity index (χ0n) is 32.2. The van der Waals surface area contributed by atoms with E-state index in [0.717, 1.165) is 95.0 Å². The van der Waals surface area contributed by atoms with Gasteiger partial charge in [0.1, 0.15) is 23.7 Å². The number of H-pyrrole nitrogens is 2. The SMILES string of the molecule is COC(=O)N[C@H](C(=O)N1CCC[C@H]1c1ncc(-c2ccc(-c3ccc(-c4cnc([C@@H]5CCCN5C(=O)[C@@H](NC5=NCCS5)C(C)C)[nH]4)cc3)cc2)[nH]1)C(C)C. The Kier molecular flexibility index (Phi) is 11.6. The van der Waals surface area contributed by atoms with Gasteiger partial charge in [-0.05, 0) is 59.8 Å². The fourth-order valence-corrected chi connectivity index (χ4v) is 8.51. The number of nitrogens with one attached hydrogen (secondary N) is 4. The lowest BCUT2D eigenvalue weighted by molar-refractivity contribution is -0.136. The molecule has 3 aliphatic heterocycles. The first-order chi connectivity index (χ1) is 26.6. The number of thioether (sulfide) groups is 1. The van der Waals surface area contributed by atoms with Crippen LogP contribution in [0.2, 0.25) is 0 Å². The molecule has 4 aromatic rings. The Labute approximate surface area is 326 Å². The zero-order chi connectivity index (χ0) is 38.6. The van der Waals surface area contributed by atoms with Crippen LogP contribution >= 0.6 is 11.8 Å². The number of aliphatic imine (C=N–C) groups is 1. The van der Waals surface area contributed by atoms with Gasteiger partial charge >= 0.3 is 6.09 Å². The first kappa shape index (κ1) is 38.2. The lowest BCUT2D eigenvalue weighted by Gasteiger charge is -2.30. The number of hydrogen-bond donors (Lipinski definition) is 4. The highest BCUT2D eigenvalue weighted by molar-refractivity contribution is 8.14. The lowest BCUT2D eigenvalue weighted by atomic mass is 10.0. The number of likely N-dealkylation sites (tertiary alicyclic amines) is 2. The maximum atomic E-state index is 13.8. The van der Waals surface area contributed by atoms with E-state index in [1.807, 2.05) is 36.0 Å². The molecule has 13 nitrogen and oxygen atoms in total. The molecule has 290 valence electrons. The molecular weight excluding hydrogens is 715 g/mol. The maximum Gasteiger partial charge on any atom is 0.407 e. The highest BCUT2D eigenvalue weighted by atomic mass is 32.2. The van der Waals surface area contributed by atoms with Crippen molar-refractivity contribution in [3.63, 3.8) is 0 Å². The number of aromatic nitrogens is 4. The van der Waals surface area contributed by atoms with Crippen molar-refractivity contribution in [2.75, 3.05) is 32.5 Å². The predicted molar refractivity (Wildman–Crippen MR) is 215 cm³/mol. The minimum Gasteiger partial charge on any atom is -0.453 e. The number of hydrogen-bond acceptors (Lipinski definition) is 9. The number of alkyl carbamates (subject to hydrolysis) is 1. The minimum atomic E-state index is -0.677. The van der Waals surface area contributed by atoms with E-state index in [4.69, 9.17) is 9.72 Å². The molecule has 0 saturated carbocycles. The van der Waals surface area contributed by atoms with Crippen molar-refractivity contribution in [3.8, 4) is 33.6 Å². The number of imidazole rings is 2. The molecule has 4 N–H and O–H groups in total. The van der Waals surface area contributed by atoms with E-state index < -0.39 is 12.1 Å². The Bertz CT molecular complexity index is 2010. The van der Waals surface area contributed by atoms with Gasteiger partial charge in [-0.1, -0.05) is 88.0 Å². The molecule has 0 aliphatic carbocycles. The maximum absolute atomic E-state index is 13.8. The van der Waals surface area contributed by atoms with Crippen molar-refractivity contribution >= 4 is 34.8 Å². The van der Waals surface area contributed by atoms with Crippen LogP contribution < -0.4 is 10.6 Å². The molecule has 7 rings (SSSR count). The van der Waals surface area contributed by atoms with Gasteiger partial charge in [-0.25, -0.2) is 14.8 Å². The van der Waals surface area contributed by atoms with E-state index >= 15 is 0 Å². The van der Waals surface area contributed by atoms with Gasteiger partial charge in [0.15, 0.2) is 5.17 Å². The smallest absolute Gasteiger partial charge is 0.407 e. The summed E-state index contributed by atoms with van der Waals surface area (Å²) >= 11 is 1.68. The summed E-state index contributed by atoms with van der Waals surface area (Å²) in [5.74, 6) is 2.52. The lowest BCUT2D eigenvalue weighted by Crippen LogP contribution is -2.51. The highest BCUT2D eigenvalue weighted by Crippen LogP contribution is 2.35. The summed E-state index contributed by atoms with van der Waals surface area (Å²) < 4.78 is 4.76. The van der Waals surface area contributed by atoms with Crippen molar-refractivity contribution in [3.05, 3.63) is 72.6 Å². The largest absolute Gasteiger partial charge is 0.453 e. The number of benzene rings is 2. The van der Waals surface area contributed by atoms with E-state index in [2.05, 4.69) is 93.0 Å². The summed E-state index contributed by atoms with van der Waals surface area (Å²) in [7, 11) is 1.30. The molecule has 55 heavy (non-hydrogen) atoms. The van der Waals surface area contributed by atoms with Gasteiger partial charge in [0.2, 0.25) is 11.8 Å². The number of amidine groups is 1. The fourth-order valence-electron chi connectivity index (χ4n) is 7.75. The third-order valence-corrected chi connectivity index (χ3v) is 11.7. The molecule has 2 aromatic carbocycles.